The fourth-order valence-electron chi connectivity index (χ4n) is 1.48. The molecule has 1 aliphatic rings. The van der Waals surface area contributed by atoms with E-state index in [1.807, 2.05) is 6.92 Å². The third-order valence-electron chi connectivity index (χ3n) is 2.49. The van der Waals surface area contributed by atoms with Gasteiger partial charge in [-0.1, -0.05) is 24.8 Å². The summed E-state index contributed by atoms with van der Waals surface area (Å²) >= 11 is 1.70. The van der Waals surface area contributed by atoms with Crippen LogP contribution in [-0.2, 0) is 0 Å². The molecule has 0 fully saturated rings. The smallest absolute Gasteiger partial charge is 0.161 e. The Hall–Kier alpha value is -1.03. The summed E-state index contributed by atoms with van der Waals surface area (Å²) in [5.74, 6) is 1.48. The zero-order valence-corrected chi connectivity index (χ0v) is 10.3. The number of aliphatic imine (C=N–C) groups is 1. The minimum Gasteiger partial charge on any atom is -0.335 e. The Bertz CT molecular complexity index is 417. The SMILES string of the molecule is Cc1ccc(F)cc1NC1=NCC(C)CS1. The van der Waals surface area contributed by atoms with Gasteiger partial charge in [-0.2, -0.15) is 0 Å². The van der Waals surface area contributed by atoms with Crippen LogP contribution in [0.3, 0.4) is 0 Å². The van der Waals surface area contributed by atoms with Crippen molar-refractivity contribution in [3.63, 3.8) is 0 Å². The molecule has 0 aromatic heterocycles. The number of hydrogen-bond acceptors (Lipinski definition) is 3. The number of hydrogen-bond donors (Lipinski definition) is 1. The molecule has 1 aromatic rings. The van der Waals surface area contributed by atoms with E-state index < -0.39 is 0 Å². The first-order chi connectivity index (χ1) is 7.65. The van der Waals surface area contributed by atoms with E-state index in [1.165, 1.54) is 12.1 Å². The molecule has 2 nitrogen and oxygen atoms in total. The fourth-order valence-corrected chi connectivity index (χ4v) is 2.37. The molecule has 86 valence electrons. The number of nitrogens with zero attached hydrogens (tertiary/aromatic N) is 1. The van der Waals surface area contributed by atoms with Gasteiger partial charge in [-0.15, -0.1) is 0 Å². The number of amidine groups is 1. The van der Waals surface area contributed by atoms with E-state index in [9.17, 15) is 4.39 Å². The maximum atomic E-state index is 13.1. The molecule has 2 rings (SSSR count). The summed E-state index contributed by atoms with van der Waals surface area (Å²) < 4.78 is 13.1. The van der Waals surface area contributed by atoms with Crippen LogP contribution in [0.4, 0.5) is 10.1 Å². The summed E-state index contributed by atoms with van der Waals surface area (Å²) in [5.41, 5.74) is 1.84. The predicted octanol–water partition coefficient (Wildman–Crippen LogP) is 3.28. The summed E-state index contributed by atoms with van der Waals surface area (Å²) in [5, 5.41) is 4.08. The van der Waals surface area contributed by atoms with Gasteiger partial charge in [0.2, 0.25) is 0 Å². The molecule has 0 saturated heterocycles. The summed E-state index contributed by atoms with van der Waals surface area (Å²) in [6.45, 7) is 4.99. The lowest BCUT2D eigenvalue weighted by molar-refractivity contribution is 0.628. The Morgan fingerprint density at radius 2 is 2.31 bits per heavy atom. The molecule has 0 amide bonds. The van der Waals surface area contributed by atoms with E-state index in [-0.39, 0.29) is 5.82 Å². The molecule has 1 aromatic carbocycles. The summed E-state index contributed by atoms with van der Waals surface area (Å²) in [4.78, 5) is 4.42. The van der Waals surface area contributed by atoms with Gasteiger partial charge < -0.3 is 5.32 Å². The van der Waals surface area contributed by atoms with Crippen LogP contribution in [0.2, 0.25) is 0 Å². The van der Waals surface area contributed by atoms with Crippen LogP contribution < -0.4 is 5.32 Å². The second kappa shape index (κ2) is 4.87. The van der Waals surface area contributed by atoms with Crippen molar-refractivity contribution in [2.75, 3.05) is 17.6 Å². The number of nitrogens with one attached hydrogen (secondary N) is 1. The third kappa shape index (κ3) is 2.76. The van der Waals surface area contributed by atoms with Gasteiger partial charge in [0.05, 0.1) is 0 Å². The highest BCUT2D eigenvalue weighted by Crippen LogP contribution is 2.22. The van der Waals surface area contributed by atoms with Gasteiger partial charge in [-0.25, -0.2) is 4.39 Å². The Morgan fingerprint density at radius 3 is 3.00 bits per heavy atom. The summed E-state index contributed by atoms with van der Waals surface area (Å²) in [6.07, 6.45) is 0. The molecule has 1 unspecified atom stereocenters. The van der Waals surface area contributed by atoms with Crippen LogP contribution in [-0.4, -0.2) is 17.5 Å². The van der Waals surface area contributed by atoms with Gasteiger partial charge in [0, 0.05) is 18.0 Å². The van der Waals surface area contributed by atoms with Gasteiger partial charge >= 0.3 is 0 Å². The maximum Gasteiger partial charge on any atom is 0.161 e. The van der Waals surface area contributed by atoms with Crippen LogP contribution in [0.1, 0.15) is 12.5 Å². The van der Waals surface area contributed by atoms with Crippen molar-refractivity contribution in [3.8, 4) is 0 Å². The highest BCUT2D eigenvalue weighted by molar-refractivity contribution is 8.14. The highest BCUT2D eigenvalue weighted by atomic mass is 32.2. The maximum absolute atomic E-state index is 13.1. The van der Waals surface area contributed by atoms with Crippen molar-refractivity contribution in [1.29, 1.82) is 0 Å². The van der Waals surface area contributed by atoms with Crippen molar-refractivity contribution < 1.29 is 4.39 Å². The van der Waals surface area contributed by atoms with E-state index in [0.29, 0.717) is 5.92 Å². The lowest BCUT2D eigenvalue weighted by Crippen LogP contribution is -2.19. The molecule has 1 aliphatic heterocycles. The van der Waals surface area contributed by atoms with Gasteiger partial charge in [-0.05, 0) is 30.5 Å². The topological polar surface area (TPSA) is 24.4 Å². The van der Waals surface area contributed by atoms with Crippen molar-refractivity contribution in [2.24, 2.45) is 10.9 Å². The predicted molar refractivity (Wildman–Crippen MR) is 68.7 cm³/mol. The number of rotatable bonds is 1. The number of halogens is 1. The first-order valence-electron chi connectivity index (χ1n) is 5.35. The lowest BCUT2D eigenvalue weighted by atomic mass is 10.2. The fraction of sp³-hybridized carbons (Fsp3) is 0.417. The Balaban J connectivity index is 2.12. The van der Waals surface area contributed by atoms with Gasteiger partial charge in [0.25, 0.3) is 0 Å². The Labute approximate surface area is 99.3 Å². The van der Waals surface area contributed by atoms with E-state index in [0.717, 1.165) is 28.7 Å². The lowest BCUT2D eigenvalue weighted by Gasteiger charge is -2.18. The molecule has 1 atom stereocenters. The van der Waals surface area contributed by atoms with Crippen molar-refractivity contribution in [2.45, 2.75) is 13.8 Å². The van der Waals surface area contributed by atoms with E-state index >= 15 is 0 Å². The van der Waals surface area contributed by atoms with Crippen LogP contribution in [0.25, 0.3) is 0 Å². The van der Waals surface area contributed by atoms with Gasteiger partial charge in [0.1, 0.15) is 5.82 Å². The van der Waals surface area contributed by atoms with E-state index in [2.05, 4.69) is 17.2 Å². The average Bonchev–Trinajstić information content (AvgIpc) is 2.27. The molecule has 0 aliphatic carbocycles. The van der Waals surface area contributed by atoms with E-state index in [1.54, 1.807) is 17.8 Å². The van der Waals surface area contributed by atoms with Crippen molar-refractivity contribution in [3.05, 3.63) is 29.6 Å². The van der Waals surface area contributed by atoms with Crippen molar-refractivity contribution in [1.82, 2.24) is 0 Å². The van der Waals surface area contributed by atoms with Crippen LogP contribution >= 0.6 is 11.8 Å². The molecular formula is C12H15FN2S. The van der Waals surface area contributed by atoms with Gasteiger partial charge in [-0.3, -0.25) is 4.99 Å². The number of benzene rings is 1. The zero-order valence-electron chi connectivity index (χ0n) is 9.46. The Kier molecular flexibility index (Phi) is 3.49. The largest absolute Gasteiger partial charge is 0.335 e. The summed E-state index contributed by atoms with van der Waals surface area (Å²) in [7, 11) is 0. The summed E-state index contributed by atoms with van der Waals surface area (Å²) in [6, 6.07) is 4.75. The van der Waals surface area contributed by atoms with Crippen LogP contribution in [0.15, 0.2) is 23.2 Å². The first-order valence-corrected chi connectivity index (χ1v) is 6.34. The molecule has 0 spiro atoms. The van der Waals surface area contributed by atoms with Crippen molar-refractivity contribution >= 4 is 22.6 Å². The molecule has 0 radical (unpaired) electrons. The molecule has 1 heterocycles. The normalized spacial score (nSPS) is 20.4. The average molecular weight is 238 g/mol. The van der Waals surface area contributed by atoms with E-state index in [4.69, 9.17) is 0 Å². The third-order valence-corrected chi connectivity index (χ3v) is 3.73. The number of anilines is 1. The quantitative estimate of drug-likeness (QED) is 0.812. The minimum atomic E-state index is -0.220. The molecular weight excluding hydrogens is 223 g/mol. The second-order valence-electron chi connectivity index (χ2n) is 4.15. The molecule has 0 saturated carbocycles. The monoisotopic (exact) mass is 238 g/mol. The minimum absolute atomic E-state index is 0.220. The molecule has 1 N–H and O–H groups in total. The Morgan fingerprint density at radius 1 is 1.50 bits per heavy atom. The zero-order chi connectivity index (χ0) is 11.5. The second-order valence-corrected chi connectivity index (χ2v) is 5.15. The van der Waals surface area contributed by atoms with Crippen LogP contribution in [0.5, 0.6) is 0 Å². The highest BCUT2D eigenvalue weighted by Gasteiger charge is 2.12. The molecule has 0 bridgehead atoms. The van der Waals surface area contributed by atoms with Gasteiger partial charge in [0.15, 0.2) is 5.17 Å². The molecule has 16 heavy (non-hydrogen) atoms. The number of thioether (sulfide) groups is 1. The van der Waals surface area contributed by atoms with Crippen LogP contribution in [0, 0.1) is 18.7 Å². The number of aryl methyl sites for hydroxylation is 1. The first kappa shape index (κ1) is 11.5. The standard InChI is InChI=1S/C12H15FN2S/c1-8-6-14-12(16-7-8)15-11-5-10(13)4-3-9(11)2/h3-5,8H,6-7H2,1-2H3,(H,14,15). The molecule has 4 heteroatoms.